The van der Waals surface area contributed by atoms with Gasteiger partial charge in [-0.1, -0.05) is 18.2 Å². The summed E-state index contributed by atoms with van der Waals surface area (Å²) in [6, 6.07) is 2.98. The first-order valence-electron chi connectivity index (χ1n) is 13.3. The molecule has 0 radical (unpaired) electrons. The summed E-state index contributed by atoms with van der Waals surface area (Å²) >= 11 is 0. The van der Waals surface area contributed by atoms with Crippen molar-refractivity contribution in [3.05, 3.63) is 66.8 Å². The van der Waals surface area contributed by atoms with Gasteiger partial charge in [0.15, 0.2) is 11.6 Å². The maximum Gasteiger partial charge on any atom is 0.201 e. The van der Waals surface area contributed by atoms with Crippen LogP contribution in [0.3, 0.4) is 0 Å². The van der Waals surface area contributed by atoms with Crippen LogP contribution < -0.4 is 4.74 Å². The van der Waals surface area contributed by atoms with E-state index in [0.29, 0.717) is 11.5 Å². The molecule has 0 N–H and O–H groups in total. The highest BCUT2D eigenvalue weighted by Gasteiger charge is 2.31. The second kappa shape index (κ2) is 12.4. The molecule has 2 fully saturated rings. The molecule has 0 bridgehead atoms. The molecule has 4 rings (SSSR count). The van der Waals surface area contributed by atoms with E-state index in [2.05, 4.69) is 28.7 Å². The lowest BCUT2D eigenvalue weighted by atomic mass is 9.69. The molecule has 0 atom stereocenters. The van der Waals surface area contributed by atoms with Crippen molar-refractivity contribution in [2.45, 2.75) is 77.0 Å². The fourth-order valence-corrected chi connectivity index (χ4v) is 5.87. The van der Waals surface area contributed by atoms with Crippen LogP contribution in [0, 0.1) is 29.4 Å². The predicted molar refractivity (Wildman–Crippen MR) is 137 cm³/mol. The maximum atomic E-state index is 14.5. The molecule has 0 amide bonds. The van der Waals surface area contributed by atoms with Crippen LogP contribution in [0.1, 0.15) is 82.9 Å². The molecule has 188 valence electrons. The first kappa shape index (κ1) is 25.5. The average Bonchev–Trinajstić information content (AvgIpc) is 2.90. The molecule has 0 spiro atoms. The number of rotatable bonds is 9. The van der Waals surface area contributed by atoms with E-state index in [9.17, 15) is 8.78 Å². The van der Waals surface area contributed by atoms with Gasteiger partial charge in [-0.2, -0.15) is 4.39 Å². The fourth-order valence-electron chi connectivity index (χ4n) is 5.87. The van der Waals surface area contributed by atoms with Crippen molar-refractivity contribution in [2.75, 3.05) is 6.61 Å². The third-order valence-corrected chi connectivity index (χ3v) is 7.90. The maximum absolute atomic E-state index is 14.5. The minimum atomic E-state index is -0.968. The van der Waals surface area contributed by atoms with Crippen LogP contribution in [0.2, 0.25) is 0 Å². The van der Waals surface area contributed by atoms with Gasteiger partial charge in [0.1, 0.15) is 5.82 Å². The van der Waals surface area contributed by atoms with Crippen molar-refractivity contribution in [3.63, 3.8) is 0 Å². The van der Waals surface area contributed by atoms with E-state index in [1.165, 1.54) is 50.7 Å². The molecule has 0 aliphatic heterocycles. The summed E-state index contributed by atoms with van der Waals surface area (Å²) in [6.07, 6.45) is 22.2. The number of aromatic nitrogens is 2. The molecule has 2 saturated carbocycles. The van der Waals surface area contributed by atoms with Crippen LogP contribution in [0.25, 0.3) is 11.1 Å². The Bertz CT molecular complexity index is 988. The monoisotopic (exact) mass is 480 g/mol. The molecule has 0 unspecified atom stereocenters. The lowest BCUT2D eigenvalue weighted by molar-refractivity contribution is 0.170. The molecule has 0 saturated heterocycles. The zero-order valence-electron chi connectivity index (χ0n) is 20.9. The molecule has 2 aliphatic carbocycles. The number of benzene rings is 1. The topological polar surface area (TPSA) is 35.0 Å². The van der Waals surface area contributed by atoms with E-state index in [1.54, 1.807) is 19.3 Å². The van der Waals surface area contributed by atoms with Crippen molar-refractivity contribution >= 4 is 0 Å². The van der Waals surface area contributed by atoms with Gasteiger partial charge in [-0.15, -0.1) is 6.58 Å². The minimum absolute atomic E-state index is 0.0727. The normalized spacial score (nSPS) is 25.0. The third-order valence-electron chi connectivity index (χ3n) is 7.90. The van der Waals surface area contributed by atoms with Gasteiger partial charge in [0.2, 0.25) is 5.82 Å². The smallest absolute Gasteiger partial charge is 0.201 e. The highest BCUT2D eigenvalue weighted by atomic mass is 19.2. The molecule has 35 heavy (non-hydrogen) atoms. The van der Waals surface area contributed by atoms with Gasteiger partial charge < -0.3 is 4.74 Å². The van der Waals surface area contributed by atoms with Gasteiger partial charge in [0, 0.05) is 29.4 Å². The van der Waals surface area contributed by atoms with E-state index in [-0.39, 0.29) is 17.9 Å². The molecule has 1 heterocycles. The van der Waals surface area contributed by atoms with Crippen LogP contribution in [0.4, 0.5) is 8.78 Å². The average molecular weight is 481 g/mol. The molecule has 2 aromatic rings. The van der Waals surface area contributed by atoms with E-state index >= 15 is 0 Å². The number of allylic oxidation sites excluding steroid dienone is 3. The Morgan fingerprint density at radius 2 is 1.57 bits per heavy atom. The van der Waals surface area contributed by atoms with E-state index in [4.69, 9.17) is 4.74 Å². The zero-order chi connectivity index (χ0) is 24.6. The fraction of sp³-hybridized carbons (Fsp3) is 0.533. The molecule has 2 aliphatic rings. The largest absolute Gasteiger partial charge is 0.491 e. The Morgan fingerprint density at radius 3 is 2.20 bits per heavy atom. The Labute approximate surface area is 208 Å². The number of hydrogen-bond acceptors (Lipinski definition) is 3. The second-order valence-electron chi connectivity index (χ2n) is 10.1. The molecule has 5 heteroatoms. The first-order chi connectivity index (χ1) is 17.1. The van der Waals surface area contributed by atoms with Crippen LogP contribution in [0.5, 0.6) is 5.75 Å². The summed E-state index contributed by atoms with van der Waals surface area (Å²) in [5.41, 5.74) is 0.643. The van der Waals surface area contributed by atoms with Crippen LogP contribution >= 0.6 is 0 Å². The Hall–Kier alpha value is -2.56. The lowest BCUT2D eigenvalue weighted by Crippen LogP contribution is -2.25. The zero-order valence-corrected chi connectivity index (χ0v) is 20.9. The van der Waals surface area contributed by atoms with Gasteiger partial charge in [0.05, 0.1) is 6.61 Å². The van der Waals surface area contributed by atoms with Crippen LogP contribution in [0.15, 0.2) is 49.3 Å². The van der Waals surface area contributed by atoms with Crippen molar-refractivity contribution in [1.29, 1.82) is 0 Å². The summed E-state index contributed by atoms with van der Waals surface area (Å²) in [5.74, 6) is 1.65. The van der Waals surface area contributed by atoms with Crippen molar-refractivity contribution in [1.82, 2.24) is 9.97 Å². The SMILES string of the molecule is C=CCCC=CC1CCC(C2CCC(c3ncc(-c4ccc(OCC)c(F)c4F)cn3)CC2)CC1. The number of ether oxygens (including phenoxy) is 1. The van der Waals surface area contributed by atoms with Crippen molar-refractivity contribution in [3.8, 4) is 16.9 Å². The minimum Gasteiger partial charge on any atom is -0.491 e. The second-order valence-corrected chi connectivity index (χ2v) is 10.1. The number of nitrogens with zero attached hydrogens (tertiary/aromatic N) is 2. The number of hydrogen-bond donors (Lipinski definition) is 0. The number of halogens is 2. The molecule has 3 nitrogen and oxygen atoms in total. The molecule has 1 aromatic carbocycles. The van der Waals surface area contributed by atoms with Crippen LogP contribution in [-0.4, -0.2) is 16.6 Å². The van der Waals surface area contributed by atoms with Crippen LogP contribution in [-0.2, 0) is 0 Å². The van der Waals surface area contributed by atoms with Gasteiger partial charge in [-0.3, -0.25) is 0 Å². The first-order valence-corrected chi connectivity index (χ1v) is 13.3. The Morgan fingerprint density at radius 1 is 0.914 bits per heavy atom. The standard InChI is InChI=1S/C30H38F2N2O/c1-3-5-6-7-8-21-9-11-22(12-10-21)23-13-15-24(16-14-23)30-33-19-25(20-34-30)26-17-18-27(35-4-2)29(32)28(26)31/h3,7-8,17-24H,1,4-6,9-16H2,2H3. The highest BCUT2D eigenvalue weighted by Crippen LogP contribution is 2.43. The third kappa shape index (κ3) is 6.36. The van der Waals surface area contributed by atoms with Gasteiger partial charge in [-0.25, -0.2) is 14.4 Å². The van der Waals surface area contributed by atoms with Gasteiger partial charge >= 0.3 is 0 Å². The Balaban J connectivity index is 1.28. The number of unbranched alkanes of at least 4 members (excludes halogenated alkanes) is 1. The molecular weight excluding hydrogens is 442 g/mol. The Kier molecular flexibility index (Phi) is 9.06. The molecule has 1 aromatic heterocycles. The van der Waals surface area contributed by atoms with Gasteiger partial charge in [-0.05, 0) is 101 Å². The van der Waals surface area contributed by atoms with Crippen molar-refractivity contribution < 1.29 is 13.5 Å². The summed E-state index contributed by atoms with van der Waals surface area (Å²) < 4.78 is 33.9. The summed E-state index contributed by atoms with van der Waals surface area (Å²) in [7, 11) is 0. The molecular formula is C30H38F2N2O. The highest BCUT2D eigenvalue weighted by molar-refractivity contribution is 5.63. The summed E-state index contributed by atoms with van der Waals surface area (Å²) in [4.78, 5) is 9.10. The van der Waals surface area contributed by atoms with E-state index < -0.39 is 11.6 Å². The van der Waals surface area contributed by atoms with Crippen molar-refractivity contribution in [2.24, 2.45) is 17.8 Å². The summed E-state index contributed by atoms with van der Waals surface area (Å²) in [5, 5.41) is 0. The van der Waals surface area contributed by atoms with Gasteiger partial charge in [0.25, 0.3) is 0 Å². The van der Waals surface area contributed by atoms with E-state index in [0.717, 1.165) is 49.3 Å². The lowest BCUT2D eigenvalue weighted by Gasteiger charge is -2.37. The quantitative estimate of drug-likeness (QED) is 0.267. The van der Waals surface area contributed by atoms with E-state index in [1.807, 2.05) is 6.08 Å². The predicted octanol–water partition coefficient (Wildman–Crippen LogP) is 8.42. The summed E-state index contributed by atoms with van der Waals surface area (Å²) in [6.45, 7) is 5.81.